The maximum Gasteiger partial charge on any atom is 0.281 e. The molecule has 2 aliphatic rings. The molecule has 1 aromatic heterocycles. The average molecular weight is 466 g/mol. The van der Waals surface area contributed by atoms with Gasteiger partial charge in [-0.15, -0.1) is 5.10 Å². The van der Waals surface area contributed by atoms with Crippen molar-refractivity contribution in [2.24, 2.45) is 0 Å². The number of carbonyl (C=O) groups excluding carboxylic acids is 1. The van der Waals surface area contributed by atoms with Gasteiger partial charge in [0, 0.05) is 37.0 Å². The van der Waals surface area contributed by atoms with E-state index in [1.165, 1.54) is 0 Å². The zero-order valence-corrected chi connectivity index (χ0v) is 18.6. The summed E-state index contributed by atoms with van der Waals surface area (Å²) in [6, 6.07) is 12.3. The van der Waals surface area contributed by atoms with Crippen LogP contribution in [0.25, 0.3) is 0 Å². The van der Waals surface area contributed by atoms with Gasteiger partial charge in [0.15, 0.2) is 11.5 Å². The summed E-state index contributed by atoms with van der Waals surface area (Å²) in [5, 5.41) is 7.26. The lowest BCUT2D eigenvalue weighted by atomic mass is 10.2. The van der Waals surface area contributed by atoms with Crippen molar-refractivity contribution in [2.45, 2.75) is 0 Å². The van der Waals surface area contributed by atoms with Gasteiger partial charge in [0.25, 0.3) is 5.91 Å². The third kappa shape index (κ3) is 5.05. The van der Waals surface area contributed by atoms with Gasteiger partial charge in [-0.2, -0.15) is 9.67 Å². The molecule has 34 heavy (non-hydrogen) atoms. The number of aromatic nitrogens is 3. The predicted octanol–water partition coefficient (Wildman–Crippen LogP) is 1.77. The highest BCUT2D eigenvalue weighted by Crippen LogP contribution is 2.33. The number of fused-ring (bicyclic) bond motifs is 1. The number of hydrogen-bond donors (Lipinski definition) is 2. The highest BCUT2D eigenvalue weighted by atomic mass is 16.6. The van der Waals surface area contributed by atoms with Crippen LogP contribution in [0.4, 0.5) is 17.6 Å². The monoisotopic (exact) mass is 466 g/mol. The molecule has 0 atom stereocenters. The van der Waals surface area contributed by atoms with Crippen LogP contribution in [0, 0.1) is 0 Å². The van der Waals surface area contributed by atoms with Gasteiger partial charge in [-0.25, -0.2) is 0 Å². The predicted molar refractivity (Wildman–Crippen MR) is 124 cm³/mol. The summed E-state index contributed by atoms with van der Waals surface area (Å²) in [7, 11) is 0. The van der Waals surface area contributed by atoms with Crippen LogP contribution in [0.15, 0.2) is 42.5 Å². The van der Waals surface area contributed by atoms with Crippen LogP contribution < -0.4 is 25.3 Å². The molecule has 0 radical (unpaired) electrons. The molecule has 5 rings (SSSR count). The molecule has 1 saturated heterocycles. The number of ether oxygens (including phenoxy) is 4. The Morgan fingerprint density at radius 2 is 1.79 bits per heavy atom. The quantitative estimate of drug-likeness (QED) is 0.532. The van der Waals surface area contributed by atoms with Gasteiger partial charge in [0.05, 0.1) is 13.2 Å². The molecular weight excluding hydrogens is 440 g/mol. The van der Waals surface area contributed by atoms with Crippen molar-refractivity contribution >= 4 is 23.5 Å². The molecule has 1 fully saturated rings. The molecular formula is C23H26N6O5. The molecule has 2 aliphatic heterocycles. The highest BCUT2D eigenvalue weighted by Gasteiger charge is 2.18. The Labute approximate surface area is 196 Å². The van der Waals surface area contributed by atoms with Gasteiger partial charge in [0.2, 0.25) is 11.9 Å². The molecule has 0 unspecified atom stereocenters. The first-order chi connectivity index (χ1) is 16.7. The standard InChI is InChI=1S/C23H26N6O5/c24-22-26-23(25-17-3-6-19-20(15-17)34-14-13-33-19)27-29(22)21(30)16-1-4-18(5-2-16)32-12-9-28-7-10-31-11-8-28/h1-6,15H,7-14H2,(H3,24,25,26,27). The van der Waals surface area contributed by atoms with Gasteiger partial charge in [-0.05, 0) is 36.4 Å². The molecule has 0 aliphatic carbocycles. The van der Waals surface area contributed by atoms with E-state index in [1.807, 2.05) is 6.07 Å². The number of nitrogen functional groups attached to an aromatic ring is 1. The number of rotatable bonds is 7. The maximum atomic E-state index is 12.9. The van der Waals surface area contributed by atoms with E-state index in [1.54, 1.807) is 36.4 Å². The summed E-state index contributed by atoms with van der Waals surface area (Å²) >= 11 is 0. The third-order valence-electron chi connectivity index (χ3n) is 5.50. The van der Waals surface area contributed by atoms with Crippen LogP contribution in [0.5, 0.6) is 17.2 Å². The number of carbonyl (C=O) groups is 1. The molecule has 0 amide bonds. The number of morpholine rings is 1. The van der Waals surface area contributed by atoms with Gasteiger partial charge < -0.3 is 30.0 Å². The summed E-state index contributed by atoms with van der Waals surface area (Å²) in [5.41, 5.74) is 7.06. The topological polar surface area (TPSA) is 126 Å². The Hall–Kier alpha value is -3.83. The van der Waals surface area contributed by atoms with Crippen molar-refractivity contribution in [2.75, 3.05) is 63.7 Å². The minimum Gasteiger partial charge on any atom is -0.492 e. The van der Waals surface area contributed by atoms with Crippen LogP contribution in [0.1, 0.15) is 10.4 Å². The Balaban J connectivity index is 1.20. The number of benzene rings is 2. The van der Waals surface area contributed by atoms with Crippen LogP contribution in [0.3, 0.4) is 0 Å². The van der Waals surface area contributed by atoms with Crippen molar-refractivity contribution in [3.63, 3.8) is 0 Å². The molecule has 3 aromatic rings. The molecule has 0 bridgehead atoms. The number of nitrogens with two attached hydrogens (primary N) is 1. The summed E-state index contributed by atoms with van der Waals surface area (Å²) in [5.74, 6) is 1.80. The maximum absolute atomic E-state index is 12.9. The van der Waals surface area contributed by atoms with Crippen molar-refractivity contribution in [3.05, 3.63) is 48.0 Å². The number of anilines is 3. The number of hydrogen-bond acceptors (Lipinski definition) is 10. The van der Waals surface area contributed by atoms with E-state index in [0.29, 0.717) is 48.3 Å². The Kier molecular flexibility index (Phi) is 6.45. The number of nitrogens with one attached hydrogen (secondary N) is 1. The SMILES string of the molecule is Nc1nc(Nc2ccc3c(c2)OCCO3)nn1C(=O)c1ccc(OCCN2CCOCC2)cc1. The largest absolute Gasteiger partial charge is 0.492 e. The lowest BCUT2D eigenvalue weighted by molar-refractivity contribution is 0.0322. The van der Waals surface area contributed by atoms with E-state index >= 15 is 0 Å². The third-order valence-corrected chi connectivity index (χ3v) is 5.50. The molecule has 3 N–H and O–H groups in total. The lowest BCUT2D eigenvalue weighted by Gasteiger charge is -2.26. The van der Waals surface area contributed by atoms with Crippen molar-refractivity contribution in [1.29, 1.82) is 0 Å². The summed E-state index contributed by atoms with van der Waals surface area (Å²) in [4.78, 5) is 19.4. The van der Waals surface area contributed by atoms with Gasteiger partial charge in [-0.1, -0.05) is 0 Å². The first-order valence-corrected chi connectivity index (χ1v) is 11.1. The van der Waals surface area contributed by atoms with E-state index in [2.05, 4.69) is 20.3 Å². The molecule has 11 nitrogen and oxygen atoms in total. The second-order valence-electron chi connectivity index (χ2n) is 7.82. The molecule has 0 saturated carbocycles. The van der Waals surface area contributed by atoms with Crippen LogP contribution in [0.2, 0.25) is 0 Å². The van der Waals surface area contributed by atoms with Crippen molar-refractivity contribution in [1.82, 2.24) is 19.7 Å². The number of nitrogens with zero attached hydrogens (tertiary/aromatic N) is 4. The second kappa shape index (κ2) is 9.98. The summed E-state index contributed by atoms with van der Waals surface area (Å²) < 4.78 is 23.3. The molecule has 3 heterocycles. The van der Waals surface area contributed by atoms with Crippen molar-refractivity contribution in [3.8, 4) is 17.2 Å². The van der Waals surface area contributed by atoms with Crippen LogP contribution >= 0.6 is 0 Å². The zero-order valence-electron chi connectivity index (χ0n) is 18.6. The van der Waals surface area contributed by atoms with Crippen LogP contribution in [-0.2, 0) is 4.74 Å². The average Bonchev–Trinajstić information content (AvgIpc) is 3.24. The molecule has 11 heteroatoms. The van der Waals surface area contributed by atoms with E-state index in [9.17, 15) is 4.79 Å². The minimum absolute atomic E-state index is 0.0177. The fourth-order valence-corrected chi connectivity index (χ4v) is 3.71. The fourth-order valence-electron chi connectivity index (χ4n) is 3.71. The first-order valence-electron chi connectivity index (χ1n) is 11.1. The second-order valence-corrected chi connectivity index (χ2v) is 7.82. The van der Waals surface area contributed by atoms with Crippen LogP contribution in [-0.4, -0.2) is 78.2 Å². The summed E-state index contributed by atoms with van der Waals surface area (Å²) in [6.07, 6.45) is 0. The smallest absolute Gasteiger partial charge is 0.281 e. The Morgan fingerprint density at radius 1 is 1.03 bits per heavy atom. The van der Waals surface area contributed by atoms with Crippen molar-refractivity contribution < 1.29 is 23.7 Å². The molecule has 0 spiro atoms. The summed E-state index contributed by atoms with van der Waals surface area (Å²) in [6.45, 7) is 5.76. The lowest BCUT2D eigenvalue weighted by Crippen LogP contribution is -2.38. The molecule has 2 aromatic carbocycles. The van der Waals surface area contributed by atoms with E-state index in [0.717, 1.165) is 37.5 Å². The van der Waals surface area contributed by atoms with E-state index in [4.69, 9.17) is 24.7 Å². The zero-order chi connectivity index (χ0) is 23.3. The van der Waals surface area contributed by atoms with E-state index < -0.39 is 0 Å². The highest BCUT2D eigenvalue weighted by molar-refractivity contribution is 5.97. The minimum atomic E-state index is -0.389. The Bertz CT molecular complexity index is 1140. The molecule has 178 valence electrons. The van der Waals surface area contributed by atoms with Gasteiger partial charge in [-0.3, -0.25) is 9.69 Å². The van der Waals surface area contributed by atoms with Gasteiger partial charge in [0.1, 0.15) is 25.6 Å². The Morgan fingerprint density at radius 3 is 2.59 bits per heavy atom. The fraction of sp³-hybridized carbons (Fsp3) is 0.348. The normalized spacial score (nSPS) is 15.6. The van der Waals surface area contributed by atoms with Gasteiger partial charge >= 0.3 is 0 Å². The van der Waals surface area contributed by atoms with E-state index in [-0.39, 0.29) is 17.8 Å². The first kappa shape index (κ1) is 22.0.